The van der Waals surface area contributed by atoms with Gasteiger partial charge in [0, 0.05) is 13.3 Å². The molecule has 1 aliphatic rings. The highest BCUT2D eigenvalue weighted by Crippen LogP contribution is 2.34. The second-order valence-electron chi connectivity index (χ2n) is 8.24. The Morgan fingerprint density at radius 2 is 1.64 bits per heavy atom. The van der Waals surface area contributed by atoms with E-state index in [1.165, 1.54) is 58.3 Å². The van der Waals surface area contributed by atoms with Crippen LogP contribution >= 0.6 is 0 Å². The Kier molecular flexibility index (Phi) is 12.4. The van der Waals surface area contributed by atoms with Crippen molar-refractivity contribution in [1.82, 2.24) is 0 Å². The van der Waals surface area contributed by atoms with Crippen molar-refractivity contribution < 1.29 is 29.3 Å². The van der Waals surface area contributed by atoms with Gasteiger partial charge in [0.25, 0.3) is 0 Å². The van der Waals surface area contributed by atoms with Gasteiger partial charge in [0.1, 0.15) is 6.61 Å². The van der Waals surface area contributed by atoms with Crippen molar-refractivity contribution in [2.24, 2.45) is 5.92 Å². The molecule has 0 spiro atoms. The fraction of sp³-hybridized carbons (Fsp3) is 0.909. The van der Waals surface area contributed by atoms with Crippen LogP contribution in [-0.4, -0.2) is 47.1 Å². The molecule has 0 aromatic heterocycles. The highest BCUT2D eigenvalue weighted by atomic mass is 16.6. The summed E-state index contributed by atoms with van der Waals surface area (Å²) in [5, 5.41) is 20.0. The Hall–Kier alpha value is -1.14. The van der Waals surface area contributed by atoms with Crippen LogP contribution in [-0.2, 0) is 19.1 Å². The zero-order valence-corrected chi connectivity index (χ0v) is 17.8. The van der Waals surface area contributed by atoms with Crippen LogP contribution in [0.25, 0.3) is 0 Å². The fourth-order valence-corrected chi connectivity index (χ4v) is 3.79. The van der Waals surface area contributed by atoms with E-state index in [4.69, 9.17) is 9.47 Å². The van der Waals surface area contributed by atoms with Gasteiger partial charge in [-0.25, -0.2) is 0 Å². The number of hydrogen-bond donors (Lipinski definition) is 2. The number of hydrogen-bond acceptors (Lipinski definition) is 6. The van der Waals surface area contributed by atoms with Gasteiger partial charge in [-0.3, -0.25) is 9.59 Å². The number of cyclic esters (lactones) is 1. The summed E-state index contributed by atoms with van der Waals surface area (Å²) < 4.78 is 10.2. The lowest BCUT2D eigenvalue weighted by atomic mass is 9.89. The van der Waals surface area contributed by atoms with E-state index in [0.717, 1.165) is 19.3 Å². The summed E-state index contributed by atoms with van der Waals surface area (Å²) in [6.45, 7) is 2.90. The Morgan fingerprint density at radius 1 is 1.11 bits per heavy atom. The van der Waals surface area contributed by atoms with Crippen molar-refractivity contribution >= 4 is 11.9 Å². The number of aliphatic hydroxyl groups excluding tert-OH is 2. The number of rotatable bonds is 16. The lowest BCUT2D eigenvalue weighted by molar-refractivity contribution is -0.166. The van der Waals surface area contributed by atoms with Crippen LogP contribution in [0.4, 0.5) is 0 Å². The minimum absolute atomic E-state index is 0.174. The van der Waals surface area contributed by atoms with Crippen molar-refractivity contribution in [3.8, 4) is 0 Å². The van der Waals surface area contributed by atoms with Gasteiger partial charge in [0.2, 0.25) is 0 Å². The number of unbranched alkanes of at least 4 members (excludes halogenated alkanes) is 10. The van der Waals surface area contributed by atoms with Crippen LogP contribution in [0.5, 0.6) is 0 Å². The molecule has 1 aliphatic heterocycles. The van der Waals surface area contributed by atoms with Crippen LogP contribution in [0.15, 0.2) is 0 Å². The molecule has 3 unspecified atom stereocenters. The Morgan fingerprint density at radius 3 is 2.14 bits per heavy atom. The molecule has 0 saturated carbocycles. The lowest BCUT2D eigenvalue weighted by Gasteiger charge is -2.24. The summed E-state index contributed by atoms with van der Waals surface area (Å²) in [4.78, 5) is 23.1. The maximum atomic E-state index is 12.1. The highest BCUT2D eigenvalue weighted by molar-refractivity contribution is 5.76. The molecule has 0 aliphatic carbocycles. The van der Waals surface area contributed by atoms with Gasteiger partial charge < -0.3 is 19.7 Å². The standard InChI is InChI=1S/C22H40O6/c1-3-4-5-6-7-8-9-10-11-12-13-14-20(25)19-15-22(16-23,28-21(19)26)17-27-18(2)24/h19-20,23,25H,3-17H2,1-2H3. The minimum atomic E-state index is -1.22. The molecule has 1 saturated heterocycles. The van der Waals surface area contributed by atoms with Crippen LogP contribution in [0.2, 0.25) is 0 Å². The maximum absolute atomic E-state index is 12.1. The first kappa shape index (κ1) is 24.9. The average Bonchev–Trinajstić information content (AvgIpc) is 3.01. The van der Waals surface area contributed by atoms with Crippen LogP contribution in [0, 0.1) is 5.92 Å². The summed E-state index contributed by atoms with van der Waals surface area (Å²) in [7, 11) is 0. The van der Waals surface area contributed by atoms with E-state index < -0.39 is 36.2 Å². The SMILES string of the molecule is CCCCCCCCCCCCCC(O)C1CC(CO)(COC(C)=O)OC1=O. The van der Waals surface area contributed by atoms with Crippen LogP contribution in [0.1, 0.15) is 97.3 Å². The van der Waals surface area contributed by atoms with E-state index in [0.29, 0.717) is 6.42 Å². The molecule has 6 nitrogen and oxygen atoms in total. The first-order valence-corrected chi connectivity index (χ1v) is 11.1. The third kappa shape index (κ3) is 9.37. The summed E-state index contributed by atoms with van der Waals surface area (Å²) in [5.74, 6) is -1.67. The topological polar surface area (TPSA) is 93.1 Å². The van der Waals surface area contributed by atoms with Crippen molar-refractivity contribution in [2.75, 3.05) is 13.2 Å². The van der Waals surface area contributed by atoms with Gasteiger partial charge in [0.15, 0.2) is 5.60 Å². The van der Waals surface area contributed by atoms with Crippen molar-refractivity contribution in [3.05, 3.63) is 0 Å². The van der Waals surface area contributed by atoms with E-state index in [-0.39, 0.29) is 13.0 Å². The Labute approximate surface area is 170 Å². The second-order valence-corrected chi connectivity index (χ2v) is 8.24. The molecule has 1 rings (SSSR count). The molecule has 0 amide bonds. The fourth-order valence-electron chi connectivity index (χ4n) is 3.79. The first-order chi connectivity index (χ1) is 13.4. The number of aliphatic hydroxyl groups is 2. The first-order valence-electron chi connectivity index (χ1n) is 11.1. The summed E-state index contributed by atoms with van der Waals surface area (Å²) in [5.41, 5.74) is -1.22. The van der Waals surface area contributed by atoms with Gasteiger partial charge >= 0.3 is 11.9 Å². The number of esters is 2. The molecule has 3 atom stereocenters. The predicted molar refractivity (Wildman–Crippen MR) is 108 cm³/mol. The minimum Gasteiger partial charge on any atom is -0.462 e. The normalized spacial score (nSPS) is 22.9. The molecule has 1 heterocycles. The molecule has 0 radical (unpaired) electrons. The average molecular weight is 401 g/mol. The number of carbonyl (C=O) groups excluding carboxylic acids is 2. The quantitative estimate of drug-likeness (QED) is 0.301. The lowest BCUT2D eigenvalue weighted by Crippen LogP contribution is -2.39. The Bertz CT molecular complexity index is 452. The van der Waals surface area contributed by atoms with Gasteiger partial charge in [0.05, 0.1) is 18.6 Å². The van der Waals surface area contributed by atoms with Crippen LogP contribution in [0.3, 0.4) is 0 Å². The van der Waals surface area contributed by atoms with Gasteiger partial charge in [-0.1, -0.05) is 77.6 Å². The summed E-state index contributed by atoms with van der Waals surface area (Å²) in [6, 6.07) is 0. The maximum Gasteiger partial charge on any atom is 0.312 e. The molecule has 28 heavy (non-hydrogen) atoms. The molecule has 6 heteroatoms. The third-order valence-corrected chi connectivity index (χ3v) is 5.61. The Balaban J connectivity index is 2.15. The predicted octanol–water partition coefficient (Wildman–Crippen LogP) is 3.91. The van der Waals surface area contributed by atoms with E-state index in [9.17, 15) is 19.8 Å². The molecule has 2 N–H and O–H groups in total. The number of ether oxygens (including phenoxy) is 2. The number of carbonyl (C=O) groups is 2. The molecule has 0 aromatic rings. The van der Waals surface area contributed by atoms with E-state index >= 15 is 0 Å². The highest BCUT2D eigenvalue weighted by Gasteiger charge is 2.49. The molecular formula is C22H40O6. The molecule has 0 bridgehead atoms. The molecule has 0 aromatic carbocycles. The summed E-state index contributed by atoms with van der Waals surface area (Å²) >= 11 is 0. The van der Waals surface area contributed by atoms with Gasteiger partial charge in [-0.05, 0) is 6.42 Å². The van der Waals surface area contributed by atoms with E-state index in [2.05, 4.69) is 6.92 Å². The van der Waals surface area contributed by atoms with Gasteiger partial charge in [-0.15, -0.1) is 0 Å². The van der Waals surface area contributed by atoms with Crippen molar-refractivity contribution in [2.45, 2.75) is 109 Å². The van der Waals surface area contributed by atoms with Crippen molar-refractivity contribution in [1.29, 1.82) is 0 Å². The third-order valence-electron chi connectivity index (χ3n) is 5.61. The zero-order chi connectivity index (χ0) is 20.8. The monoisotopic (exact) mass is 400 g/mol. The molecule has 1 fully saturated rings. The van der Waals surface area contributed by atoms with E-state index in [1.807, 2.05) is 0 Å². The van der Waals surface area contributed by atoms with Gasteiger partial charge in [-0.2, -0.15) is 0 Å². The smallest absolute Gasteiger partial charge is 0.312 e. The van der Waals surface area contributed by atoms with Crippen LogP contribution < -0.4 is 0 Å². The van der Waals surface area contributed by atoms with Crippen molar-refractivity contribution in [3.63, 3.8) is 0 Å². The molecule has 164 valence electrons. The summed E-state index contributed by atoms with van der Waals surface area (Å²) in [6.07, 6.45) is 13.5. The molecular weight excluding hydrogens is 360 g/mol. The van der Waals surface area contributed by atoms with E-state index in [1.54, 1.807) is 0 Å². The zero-order valence-electron chi connectivity index (χ0n) is 17.8. The largest absolute Gasteiger partial charge is 0.462 e. The second kappa shape index (κ2) is 13.9.